The number of fused-ring (bicyclic) bond motifs is 4. The molecule has 248 valence electrons. The first kappa shape index (κ1) is 31.1. The second-order valence-corrected chi connectivity index (χ2v) is 12.5. The number of H-pyrrole nitrogens is 1. The molecule has 15 heteroatoms. The molecule has 10 rings (SSSR count). The van der Waals surface area contributed by atoms with E-state index >= 15 is 0 Å². The summed E-state index contributed by atoms with van der Waals surface area (Å²) in [4.78, 5) is 19.2. The Labute approximate surface area is 281 Å². The highest BCUT2D eigenvalue weighted by molar-refractivity contribution is 9.10. The number of halogens is 7. The van der Waals surface area contributed by atoms with Crippen LogP contribution in [0.3, 0.4) is 0 Å². The Morgan fingerprint density at radius 3 is 1.90 bits per heavy atom. The van der Waals surface area contributed by atoms with Crippen LogP contribution in [-0.4, -0.2) is 38.6 Å². The fourth-order valence-corrected chi connectivity index (χ4v) is 6.44. The van der Waals surface area contributed by atoms with Gasteiger partial charge in [-0.1, -0.05) is 0 Å². The van der Waals surface area contributed by atoms with E-state index in [9.17, 15) is 26.3 Å². The van der Waals surface area contributed by atoms with Gasteiger partial charge in [-0.05, 0) is 102 Å². The van der Waals surface area contributed by atoms with Crippen LogP contribution in [0.15, 0.2) is 78.1 Å². The van der Waals surface area contributed by atoms with Crippen molar-refractivity contribution < 1.29 is 26.3 Å². The van der Waals surface area contributed by atoms with Crippen molar-refractivity contribution in [1.29, 1.82) is 0 Å². The number of rotatable bonds is 3. The van der Waals surface area contributed by atoms with E-state index in [4.69, 9.17) is 0 Å². The third-order valence-electron chi connectivity index (χ3n) is 8.37. The van der Waals surface area contributed by atoms with Gasteiger partial charge >= 0.3 is 0 Å². The van der Waals surface area contributed by atoms with E-state index in [0.29, 0.717) is 34.1 Å². The maximum Gasteiger partial charge on any atom is 0.216 e. The van der Waals surface area contributed by atoms with E-state index in [-0.39, 0.29) is 28.7 Å². The summed E-state index contributed by atoms with van der Waals surface area (Å²) >= 11 is 3.40. The molecular formula is C34H23BrF6N8. The monoisotopic (exact) mass is 736 g/mol. The summed E-state index contributed by atoms with van der Waals surface area (Å²) in [6, 6.07) is 14.9. The van der Waals surface area contributed by atoms with Gasteiger partial charge in [0.1, 0.15) is 29.0 Å². The zero-order valence-corrected chi connectivity index (χ0v) is 26.8. The lowest BCUT2D eigenvalue weighted by molar-refractivity contribution is 0.515. The Morgan fingerprint density at radius 1 is 0.633 bits per heavy atom. The van der Waals surface area contributed by atoms with Gasteiger partial charge < -0.3 is 14.1 Å². The van der Waals surface area contributed by atoms with Gasteiger partial charge in [-0.25, -0.2) is 46.3 Å². The van der Waals surface area contributed by atoms with E-state index in [1.807, 2.05) is 4.57 Å². The van der Waals surface area contributed by atoms with E-state index in [1.165, 1.54) is 55.8 Å². The molecule has 2 aliphatic rings. The molecule has 0 atom stereocenters. The van der Waals surface area contributed by atoms with Crippen LogP contribution in [-0.2, 0) is 0 Å². The summed E-state index contributed by atoms with van der Waals surface area (Å²) in [5.41, 5.74) is 4.01. The van der Waals surface area contributed by atoms with Crippen molar-refractivity contribution in [3.8, 4) is 5.95 Å². The Morgan fingerprint density at radius 2 is 1.22 bits per heavy atom. The van der Waals surface area contributed by atoms with Crippen LogP contribution in [0.4, 0.5) is 26.3 Å². The van der Waals surface area contributed by atoms with Crippen LogP contribution in [0.5, 0.6) is 0 Å². The van der Waals surface area contributed by atoms with Crippen LogP contribution in [0.2, 0.25) is 0 Å². The molecule has 4 heterocycles. The molecule has 0 amide bonds. The second kappa shape index (κ2) is 12.1. The predicted molar refractivity (Wildman–Crippen MR) is 174 cm³/mol. The number of aromatic amines is 1. The number of hydrogen-bond acceptors (Lipinski definition) is 4. The molecule has 2 saturated carbocycles. The maximum atomic E-state index is 13.9. The van der Waals surface area contributed by atoms with Crippen molar-refractivity contribution in [1.82, 2.24) is 38.6 Å². The maximum absolute atomic E-state index is 13.9. The summed E-state index contributed by atoms with van der Waals surface area (Å²) < 4.78 is 85.7. The fraction of sp³-hybridized carbons (Fsp3) is 0.176. The normalized spacial score (nSPS) is 14.3. The van der Waals surface area contributed by atoms with Crippen molar-refractivity contribution in [2.24, 2.45) is 0 Å². The average Bonchev–Trinajstić information content (AvgIpc) is 3.93. The lowest BCUT2D eigenvalue weighted by atomic mass is 10.3. The molecule has 4 aromatic heterocycles. The predicted octanol–water partition coefficient (Wildman–Crippen LogP) is 9.24. The molecule has 4 aromatic carbocycles. The number of nitrogens with one attached hydrogen (secondary N) is 1. The summed E-state index contributed by atoms with van der Waals surface area (Å²) in [5.74, 6) is -3.69. The van der Waals surface area contributed by atoms with Gasteiger partial charge in [0.25, 0.3) is 0 Å². The summed E-state index contributed by atoms with van der Waals surface area (Å²) in [5, 5.41) is 0. The topological polar surface area (TPSA) is 82.1 Å². The molecule has 8 nitrogen and oxygen atoms in total. The molecule has 2 fully saturated rings. The van der Waals surface area contributed by atoms with Gasteiger partial charge in [-0.2, -0.15) is 0 Å². The molecule has 8 aromatic rings. The molecule has 0 bridgehead atoms. The highest BCUT2D eigenvalue weighted by Gasteiger charge is 2.30. The van der Waals surface area contributed by atoms with Crippen LogP contribution in [0.1, 0.15) is 37.8 Å². The van der Waals surface area contributed by atoms with Gasteiger partial charge in [0.15, 0.2) is 28.0 Å². The highest BCUT2D eigenvalue weighted by atomic mass is 79.9. The first-order chi connectivity index (χ1) is 23.7. The smallest absolute Gasteiger partial charge is 0.216 e. The van der Waals surface area contributed by atoms with E-state index in [0.717, 1.165) is 40.7 Å². The van der Waals surface area contributed by atoms with Crippen molar-refractivity contribution in [3.05, 3.63) is 113 Å². The molecule has 0 spiro atoms. The first-order valence-electron chi connectivity index (χ1n) is 15.3. The molecular weight excluding hydrogens is 714 g/mol. The van der Waals surface area contributed by atoms with Gasteiger partial charge in [0, 0.05) is 12.1 Å². The second-order valence-electron chi connectivity index (χ2n) is 11.8. The molecule has 49 heavy (non-hydrogen) atoms. The first-order valence-corrected chi connectivity index (χ1v) is 16.1. The van der Waals surface area contributed by atoms with E-state index in [2.05, 4.69) is 45.4 Å². The SMILES string of the molecule is Fc1ccc2[nH]cnc2c1F.Fc1ccc2nc(-n3cnc4c(F)c(F)ccc43)n(C3CC3)c2c1.Fc1ccc2nc(Br)n(C3CC3)c2c1. The lowest BCUT2D eigenvalue weighted by Crippen LogP contribution is -2.05. The van der Waals surface area contributed by atoms with Crippen molar-refractivity contribution in [2.45, 2.75) is 37.8 Å². The Kier molecular flexibility index (Phi) is 7.65. The number of imidazole rings is 4. The Hall–Kier alpha value is -5.18. The minimum absolute atomic E-state index is 0.0458. The van der Waals surface area contributed by atoms with Crippen LogP contribution >= 0.6 is 15.9 Å². The van der Waals surface area contributed by atoms with Gasteiger partial charge in [-0.3, -0.25) is 4.57 Å². The number of aromatic nitrogens is 8. The summed E-state index contributed by atoms with van der Waals surface area (Å²) in [6.45, 7) is 0. The minimum atomic E-state index is -0.980. The molecule has 0 radical (unpaired) electrons. The zero-order valence-electron chi connectivity index (χ0n) is 25.2. The Bertz CT molecular complexity index is 2530. The Balaban J connectivity index is 0.000000118. The van der Waals surface area contributed by atoms with E-state index in [1.54, 1.807) is 22.8 Å². The van der Waals surface area contributed by atoms with Crippen molar-refractivity contribution in [3.63, 3.8) is 0 Å². The largest absolute Gasteiger partial charge is 0.345 e. The van der Waals surface area contributed by atoms with E-state index < -0.39 is 23.3 Å². The highest BCUT2D eigenvalue weighted by Crippen LogP contribution is 2.41. The number of nitrogens with zero attached hydrogens (tertiary/aromatic N) is 7. The van der Waals surface area contributed by atoms with Crippen LogP contribution in [0, 0.1) is 34.9 Å². The minimum Gasteiger partial charge on any atom is -0.345 e. The third kappa shape index (κ3) is 5.71. The van der Waals surface area contributed by atoms with Crippen molar-refractivity contribution >= 4 is 60.1 Å². The fourth-order valence-electron chi connectivity index (χ4n) is 5.77. The summed E-state index contributed by atoms with van der Waals surface area (Å²) in [6.07, 6.45) is 7.03. The summed E-state index contributed by atoms with van der Waals surface area (Å²) in [7, 11) is 0. The molecule has 0 aliphatic heterocycles. The van der Waals surface area contributed by atoms with Crippen molar-refractivity contribution in [2.75, 3.05) is 0 Å². The number of hydrogen-bond donors (Lipinski definition) is 1. The quantitative estimate of drug-likeness (QED) is 0.184. The molecule has 1 N–H and O–H groups in total. The standard InChI is InChI=1S/C17H11F3N4.C10H8BrFN2.C7H4F2N2/c18-9-1-5-12-14(7-9)24(10-2-3-10)17(22-12)23-8-21-16-13(23)6-4-11(19)15(16)20;11-10-13-8-4-1-6(12)5-9(8)14(10)7-2-3-7;8-4-1-2-5-7(6(4)9)11-3-10-5/h1,4-8,10H,2-3H2;1,4-5,7H,2-3H2;1-3H,(H,10,11). The number of benzene rings is 4. The molecule has 0 unspecified atom stereocenters. The average molecular weight is 738 g/mol. The van der Waals surface area contributed by atoms with Gasteiger partial charge in [0.05, 0.1) is 39.4 Å². The lowest BCUT2D eigenvalue weighted by Gasteiger charge is -2.09. The van der Waals surface area contributed by atoms with Gasteiger partial charge in [0.2, 0.25) is 5.95 Å². The third-order valence-corrected chi connectivity index (χ3v) is 8.93. The molecule has 2 aliphatic carbocycles. The van der Waals surface area contributed by atoms with Crippen LogP contribution < -0.4 is 0 Å². The zero-order chi connectivity index (χ0) is 34.0. The van der Waals surface area contributed by atoms with Gasteiger partial charge in [-0.15, -0.1) is 0 Å². The van der Waals surface area contributed by atoms with Crippen LogP contribution in [0.25, 0.3) is 50.1 Å². The molecule has 0 saturated heterocycles.